The summed E-state index contributed by atoms with van der Waals surface area (Å²) in [5.74, 6) is 0. The lowest BCUT2D eigenvalue weighted by Crippen LogP contribution is -2.39. The Morgan fingerprint density at radius 2 is 2.24 bits per heavy atom. The fourth-order valence-electron chi connectivity index (χ4n) is 2.25. The summed E-state index contributed by atoms with van der Waals surface area (Å²) in [6.07, 6.45) is 2.41. The molecule has 0 N–H and O–H groups in total. The molecule has 1 fully saturated rings. The van der Waals surface area contributed by atoms with Gasteiger partial charge in [-0.1, -0.05) is 0 Å². The molecule has 1 aromatic heterocycles. The second kappa shape index (κ2) is 5.93. The van der Waals surface area contributed by atoms with E-state index in [-0.39, 0.29) is 11.7 Å². The Balaban J connectivity index is 1.86. The van der Waals surface area contributed by atoms with Gasteiger partial charge in [-0.05, 0) is 41.0 Å². The molecule has 1 aliphatic rings. The summed E-state index contributed by atoms with van der Waals surface area (Å²) in [5, 5.41) is 1.04. The molecule has 0 aromatic carbocycles. The number of aryl methyl sites for hydroxylation is 1. The summed E-state index contributed by atoms with van der Waals surface area (Å²) >= 11 is 1.64. The second-order valence-electron chi connectivity index (χ2n) is 6.74. The van der Waals surface area contributed by atoms with Crippen LogP contribution in [0.1, 0.15) is 44.0 Å². The topological polar surface area (TPSA) is 51.7 Å². The van der Waals surface area contributed by atoms with E-state index in [9.17, 15) is 4.79 Å². The van der Waals surface area contributed by atoms with E-state index >= 15 is 0 Å². The molecule has 0 radical (unpaired) electrons. The third kappa shape index (κ3) is 4.68. The Hall–Kier alpha value is -1.14. The Kier molecular flexibility index (Phi) is 4.58. The number of ether oxygens (including phenoxy) is 2. The van der Waals surface area contributed by atoms with Gasteiger partial charge in [0.15, 0.2) is 0 Å². The number of aromatic nitrogens is 1. The Morgan fingerprint density at radius 1 is 1.52 bits per heavy atom. The number of rotatable bonds is 3. The first-order valence-electron chi connectivity index (χ1n) is 7.20. The second-order valence-corrected chi connectivity index (χ2v) is 8.06. The molecule has 0 bridgehead atoms. The fourth-order valence-corrected chi connectivity index (χ4v) is 2.96. The van der Waals surface area contributed by atoms with E-state index < -0.39 is 5.60 Å². The van der Waals surface area contributed by atoms with Gasteiger partial charge in [-0.15, -0.1) is 11.3 Å². The van der Waals surface area contributed by atoms with Crippen LogP contribution in [0.5, 0.6) is 0 Å². The van der Waals surface area contributed by atoms with Crippen LogP contribution in [-0.4, -0.2) is 40.3 Å². The average Bonchev–Trinajstić information content (AvgIpc) is 2.92. The third-order valence-corrected chi connectivity index (χ3v) is 4.21. The van der Waals surface area contributed by atoms with Gasteiger partial charge in [0.05, 0.1) is 28.6 Å². The number of carbonyl (C=O) groups excluding carboxylic acids is 1. The van der Waals surface area contributed by atoms with E-state index in [2.05, 4.69) is 4.98 Å². The molecule has 0 spiro atoms. The fraction of sp³-hybridized carbons (Fsp3) is 0.733. The van der Waals surface area contributed by atoms with Crippen molar-refractivity contribution in [1.29, 1.82) is 0 Å². The molecule has 2 rings (SSSR count). The lowest BCUT2D eigenvalue weighted by Gasteiger charge is -2.27. The first-order chi connectivity index (χ1) is 9.67. The van der Waals surface area contributed by atoms with Crippen LogP contribution >= 0.6 is 11.3 Å². The van der Waals surface area contributed by atoms with E-state index in [0.29, 0.717) is 19.7 Å². The monoisotopic (exact) mass is 312 g/mol. The van der Waals surface area contributed by atoms with Crippen molar-refractivity contribution in [2.75, 3.05) is 13.1 Å². The van der Waals surface area contributed by atoms with Gasteiger partial charge in [-0.2, -0.15) is 0 Å². The Labute approximate surface area is 130 Å². The van der Waals surface area contributed by atoms with E-state index in [1.54, 1.807) is 16.2 Å². The standard InChI is InChI=1S/C15H24N2O3S/c1-11-16-8-12(21-11)9-19-15(5)6-7-17(10-15)13(18)20-14(2,3)4/h8H,6-7,9-10H2,1-5H3. The number of nitrogens with zero attached hydrogens (tertiary/aromatic N) is 2. The maximum Gasteiger partial charge on any atom is 0.410 e. The van der Waals surface area contributed by atoms with Crippen molar-refractivity contribution in [3.05, 3.63) is 16.1 Å². The average molecular weight is 312 g/mol. The summed E-state index contributed by atoms with van der Waals surface area (Å²) < 4.78 is 11.4. The first kappa shape index (κ1) is 16.2. The molecular formula is C15H24N2O3S. The summed E-state index contributed by atoms with van der Waals surface area (Å²) in [5.41, 5.74) is -0.772. The first-order valence-corrected chi connectivity index (χ1v) is 8.02. The summed E-state index contributed by atoms with van der Waals surface area (Å²) in [6.45, 7) is 11.5. The molecule has 1 atom stereocenters. The number of carbonyl (C=O) groups is 1. The molecule has 5 nitrogen and oxygen atoms in total. The van der Waals surface area contributed by atoms with E-state index in [0.717, 1.165) is 16.3 Å². The van der Waals surface area contributed by atoms with Gasteiger partial charge >= 0.3 is 6.09 Å². The van der Waals surface area contributed by atoms with Crippen LogP contribution in [0.25, 0.3) is 0 Å². The number of amides is 1. The summed E-state index contributed by atoms with van der Waals surface area (Å²) in [7, 11) is 0. The van der Waals surface area contributed by atoms with E-state index in [4.69, 9.17) is 9.47 Å². The summed E-state index contributed by atoms with van der Waals surface area (Å²) in [4.78, 5) is 19.1. The molecule has 118 valence electrons. The van der Waals surface area contributed by atoms with Gasteiger partial charge in [0.1, 0.15) is 5.60 Å². The minimum absolute atomic E-state index is 0.261. The zero-order valence-corrected chi connectivity index (χ0v) is 14.2. The van der Waals surface area contributed by atoms with Crippen molar-refractivity contribution in [2.45, 2.75) is 58.8 Å². The van der Waals surface area contributed by atoms with E-state index in [1.165, 1.54) is 0 Å². The van der Waals surface area contributed by atoms with Gasteiger partial charge in [0.2, 0.25) is 0 Å². The molecule has 1 aliphatic heterocycles. The molecule has 0 saturated carbocycles. The number of hydrogen-bond donors (Lipinski definition) is 0. The summed E-state index contributed by atoms with van der Waals surface area (Å²) in [6, 6.07) is 0. The van der Waals surface area contributed by atoms with Gasteiger partial charge in [-0.25, -0.2) is 9.78 Å². The van der Waals surface area contributed by atoms with Gasteiger partial charge < -0.3 is 14.4 Å². The van der Waals surface area contributed by atoms with Crippen molar-refractivity contribution < 1.29 is 14.3 Å². The van der Waals surface area contributed by atoms with Crippen LogP contribution < -0.4 is 0 Å². The number of hydrogen-bond acceptors (Lipinski definition) is 5. The quantitative estimate of drug-likeness (QED) is 0.858. The lowest BCUT2D eigenvalue weighted by molar-refractivity contribution is -0.0364. The predicted octanol–water partition coefficient (Wildman–Crippen LogP) is 3.37. The molecule has 6 heteroatoms. The lowest BCUT2D eigenvalue weighted by atomic mass is 10.1. The highest BCUT2D eigenvalue weighted by molar-refractivity contribution is 7.11. The minimum atomic E-state index is -0.461. The molecular weight excluding hydrogens is 288 g/mol. The van der Waals surface area contributed by atoms with Crippen molar-refractivity contribution in [2.24, 2.45) is 0 Å². The van der Waals surface area contributed by atoms with Crippen molar-refractivity contribution in [1.82, 2.24) is 9.88 Å². The zero-order chi connectivity index (χ0) is 15.7. The maximum atomic E-state index is 12.1. The van der Waals surface area contributed by atoms with Gasteiger partial charge in [0, 0.05) is 12.7 Å². The third-order valence-electron chi connectivity index (χ3n) is 3.32. The van der Waals surface area contributed by atoms with Crippen LogP contribution in [0.15, 0.2) is 6.20 Å². The van der Waals surface area contributed by atoms with Gasteiger partial charge in [0.25, 0.3) is 0 Å². The van der Waals surface area contributed by atoms with Crippen LogP contribution in [0.2, 0.25) is 0 Å². The van der Waals surface area contributed by atoms with Crippen LogP contribution in [0.3, 0.4) is 0 Å². The molecule has 1 unspecified atom stereocenters. The molecule has 1 saturated heterocycles. The number of likely N-dealkylation sites (tertiary alicyclic amines) is 1. The molecule has 21 heavy (non-hydrogen) atoms. The number of thiazole rings is 1. The predicted molar refractivity (Wildman–Crippen MR) is 82.5 cm³/mol. The Bertz CT molecular complexity index is 509. The van der Waals surface area contributed by atoms with Crippen molar-refractivity contribution in [3.8, 4) is 0 Å². The molecule has 1 aromatic rings. The Morgan fingerprint density at radius 3 is 2.81 bits per heavy atom. The van der Waals surface area contributed by atoms with Crippen LogP contribution in [0.4, 0.5) is 4.79 Å². The van der Waals surface area contributed by atoms with Crippen LogP contribution in [0, 0.1) is 6.92 Å². The van der Waals surface area contributed by atoms with Crippen molar-refractivity contribution in [3.63, 3.8) is 0 Å². The zero-order valence-electron chi connectivity index (χ0n) is 13.4. The van der Waals surface area contributed by atoms with E-state index in [1.807, 2.05) is 40.8 Å². The SMILES string of the molecule is Cc1ncc(COC2(C)CCN(C(=O)OC(C)(C)C)C2)s1. The maximum absolute atomic E-state index is 12.1. The van der Waals surface area contributed by atoms with Crippen molar-refractivity contribution >= 4 is 17.4 Å². The smallest absolute Gasteiger partial charge is 0.410 e. The largest absolute Gasteiger partial charge is 0.444 e. The van der Waals surface area contributed by atoms with Gasteiger partial charge in [-0.3, -0.25) is 0 Å². The molecule has 0 aliphatic carbocycles. The highest BCUT2D eigenvalue weighted by atomic mass is 32.1. The normalized spacial score (nSPS) is 22.6. The highest BCUT2D eigenvalue weighted by Gasteiger charge is 2.38. The van der Waals surface area contributed by atoms with Crippen LogP contribution in [-0.2, 0) is 16.1 Å². The molecule has 2 heterocycles. The highest BCUT2D eigenvalue weighted by Crippen LogP contribution is 2.28. The minimum Gasteiger partial charge on any atom is -0.444 e. The molecule has 1 amide bonds.